The van der Waals surface area contributed by atoms with Crippen molar-refractivity contribution < 1.29 is 14.7 Å². The standard InChI is InChI=1S/C15H15N3O3/c1-16-14(19)12-9-11(7-8-17-12)18-13(15(20)21)10-5-3-2-4-6-10/h2-9,13H,1H3,(H,16,19)(H,17,18)(H,20,21). The van der Waals surface area contributed by atoms with Gasteiger partial charge in [-0.2, -0.15) is 0 Å². The van der Waals surface area contributed by atoms with Gasteiger partial charge in [0.1, 0.15) is 5.69 Å². The van der Waals surface area contributed by atoms with Crippen LogP contribution < -0.4 is 10.6 Å². The summed E-state index contributed by atoms with van der Waals surface area (Å²) >= 11 is 0. The highest BCUT2D eigenvalue weighted by Crippen LogP contribution is 2.20. The van der Waals surface area contributed by atoms with Crippen molar-refractivity contribution in [1.82, 2.24) is 10.3 Å². The molecule has 3 N–H and O–H groups in total. The largest absolute Gasteiger partial charge is 0.479 e. The lowest BCUT2D eigenvalue weighted by atomic mass is 10.1. The van der Waals surface area contributed by atoms with E-state index in [0.717, 1.165) is 0 Å². The molecule has 0 fully saturated rings. The van der Waals surface area contributed by atoms with E-state index in [1.165, 1.54) is 19.3 Å². The second kappa shape index (κ2) is 6.51. The third-order valence-corrected chi connectivity index (χ3v) is 2.91. The van der Waals surface area contributed by atoms with Crippen LogP contribution in [0, 0.1) is 0 Å². The van der Waals surface area contributed by atoms with E-state index in [2.05, 4.69) is 15.6 Å². The van der Waals surface area contributed by atoms with Gasteiger partial charge in [0.2, 0.25) is 0 Å². The Hall–Kier alpha value is -2.89. The number of hydrogen-bond donors (Lipinski definition) is 3. The molecule has 0 aliphatic rings. The molecule has 21 heavy (non-hydrogen) atoms. The molecule has 1 amide bonds. The second-order valence-electron chi connectivity index (χ2n) is 4.34. The number of carboxylic acid groups (broad SMARTS) is 1. The lowest BCUT2D eigenvalue weighted by molar-refractivity contribution is -0.138. The third-order valence-electron chi connectivity index (χ3n) is 2.91. The maximum atomic E-state index is 11.5. The monoisotopic (exact) mass is 285 g/mol. The van der Waals surface area contributed by atoms with Crippen molar-refractivity contribution >= 4 is 17.6 Å². The van der Waals surface area contributed by atoms with Crippen LogP contribution in [0.1, 0.15) is 22.1 Å². The van der Waals surface area contributed by atoms with E-state index in [-0.39, 0.29) is 11.6 Å². The lowest BCUT2D eigenvalue weighted by Gasteiger charge is -2.16. The van der Waals surface area contributed by atoms with Crippen molar-refractivity contribution in [3.63, 3.8) is 0 Å². The Morgan fingerprint density at radius 1 is 1.19 bits per heavy atom. The fraction of sp³-hybridized carbons (Fsp3) is 0.133. The zero-order valence-corrected chi connectivity index (χ0v) is 11.4. The van der Waals surface area contributed by atoms with Crippen molar-refractivity contribution in [3.8, 4) is 0 Å². The molecule has 1 atom stereocenters. The maximum absolute atomic E-state index is 11.5. The smallest absolute Gasteiger partial charge is 0.330 e. The first-order valence-electron chi connectivity index (χ1n) is 6.34. The number of carbonyl (C=O) groups excluding carboxylic acids is 1. The van der Waals surface area contributed by atoms with Gasteiger partial charge in [-0.1, -0.05) is 30.3 Å². The summed E-state index contributed by atoms with van der Waals surface area (Å²) in [4.78, 5) is 26.9. The van der Waals surface area contributed by atoms with Crippen LogP contribution in [-0.2, 0) is 4.79 Å². The predicted molar refractivity (Wildman–Crippen MR) is 78.1 cm³/mol. The molecule has 0 aliphatic carbocycles. The molecule has 0 spiro atoms. The highest BCUT2D eigenvalue weighted by atomic mass is 16.4. The molecule has 2 rings (SSSR count). The number of carbonyl (C=O) groups is 2. The number of anilines is 1. The topological polar surface area (TPSA) is 91.3 Å². The minimum Gasteiger partial charge on any atom is -0.479 e. The second-order valence-corrected chi connectivity index (χ2v) is 4.34. The van der Waals surface area contributed by atoms with Gasteiger partial charge in [0.05, 0.1) is 0 Å². The molecular formula is C15H15N3O3. The van der Waals surface area contributed by atoms with Crippen LogP contribution in [0.25, 0.3) is 0 Å². The van der Waals surface area contributed by atoms with E-state index in [9.17, 15) is 14.7 Å². The molecule has 0 radical (unpaired) electrons. The molecule has 108 valence electrons. The molecule has 1 heterocycles. The van der Waals surface area contributed by atoms with Crippen LogP contribution in [0.4, 0.5) is 5.69 Å². The number of pyridine rings is 1. The molecule has 0 saturated carbocycles. The van der Waals surface area contributed by atoms with E-state index >= 15 is 0 Å². The highest BCUT2D eigenvalue weighted by molar-refractivity contribution is 5.93. The normalized spacial score (nSPS) is 11.5. The summed E-state index contributed by atoms with van der Waals surface area (Å²) in [6.45, 7) is 0. The van der Waals surface area contributed by atoms with E-state index in [1.54, 1.807) is 30.3 Å². The minimum absolute atomic E-state index is 0.222. The number of rotatable bonds is 5. The van der Waals surface area contributed by atoms with Crippen LogP contribution in [0.15, 0.2) is 48.7 Å². The average Bonchev–Trinajstić information content (AvgIpc) is 2.52. The average molecular weight is 285 g/mol. The fourth-order valence-electron chi connectivity index (χ4n) is 1.87. The van der Waals surface area contributed by atoms with E-state index in [0.29, 0.717) is 11.3 Å². The Bertz CT molecular complexity index is 644. The van der Waals surface area contributed by atoms with E-state index in [1.807, 2.05) is 6.07 Å². The van der Waals surface area contributed by atoms with Gasteiger partial charge in [-0.15, -0.1) is 0 Å². The first-order chi connectivity index (χ1) is 10.1. The van der Waals surface area contributed by atoms with Crippen LogP contribution in [0.3, 0.4) is 0 Å². The number of hydrogen-bond acceptors (Lipinski definition) is 4. The van der Waals surface area contributed by atoms with Crippen molar-refractivity contribution in [2.75, 3.05) is 12.4 Å². The summed E-state index contributed by atoms with van der Waals surface area (Å²) in [6.07, 6.45) is 1.46. The summed E-state index contributed by atoms with van der Waals surface area (Å²) in [6, 6.07) is 11.1. The van der Waals surface area contributed by atoms with Crippen molar-refractivity contribution in [2.24, 2.45) is 0 Å². The number of amides is 1. The Labute approximate surface area is 121 Å². The third kappa shape index (κ3) is 3.56. The van der Waals surface area contributed by atoms with Gasteiger partial charge in [0.15, 0.2) is 6.04 Å². The number of nitrogens with zero attached hydrogens (tertiary/aromatic N) is 1. The number of benzene rings is 1. The van der Waals surface area contributed by atoms with E-state index < -0.39 is 12.0 Å². The summed E-state index contributed by atoms with van der Waals surface area (Å²) in [5, 5.41) is 14.7. The Balaban J connectivity index is 2.26. The molecule has 6 heteroatoms. The van der Waals surface area contributed by atoms with Crippen LogP contribution in [-0.4, -0.2) is 29.0 Å². The molecule has 2 aromatic rings. The van der Waals surface area contributed by atoms with Gasteiger partial charge in [-0.05, 0) is 17.7 Å². The highest BCUT2D eigenvalue weighted by Gasteiger charge is 2.19. The summed E-state index contributed by atoms with van der Waals surface area (Å²) < 4.78 is 0. The Morgan fingerprint density at radius 2 is 1.90 bits per heavy atom. The number of nitrogens with one attached hydrogen (secondary N) is 2. The molecule has 6 nitrogen and oxygen atoms in total. The molecular weight excluding hydrogens is 270 g/mol. The molecule has 0 aliphatic heterocycles. The number of carboxylic acids is 1. The van der Waals surface area contributed by atoms with Gasteiger partial charge >= 0.3 is 5.97 Å². The Kier molecular flexibility index (Phi) is 4.50. The van der Waals surface area contributed by atoms with Gasteiger partial charge in [0, 0.05) is 18.9 Å². The molecule has 0 saturated heterocycles. The molecule has 1 unspecified atom stereocenters. The van der Waals surface area contributed by atoms with E-state index in [4.69, 9.17) is 0 Å². The summed E-state index contributed by atoms with van der Waals surface area (Å²) in [5.74, 6) is -1.33. The maximum Gasteiger partial charge on any atom is 0.330 e. The van der Waals surface area contributed by atoms with Crippen molar-refractivity contribution in [3.05, 3.63) is 59.9 Å². The number of aliphatic carboxylic acids is 1. The molecule has 1 aromatic heterocycles. The molecule has 0 bridgehead atoms. The van der Waals surface area contributed by atoms with Crippen molar-refractivity contribution in [2.45, 2.75) is 6.04 Å². The predicted octanol–water partition coefficient (Wildman–Crippen LogP) is 1.68. The van der Waals surface area contributed by atoms with Crippen LogP contribution in [0.5, 0.6) is 0 Å². The SMILES string of the molecule is CNC(=O)c1cc(NC(C(=O)O)c2ccccc2)ccn1. The van der Waals surface area contributed by atoms with Gasteiger partial charge in [-0.25, -0.2) is 4.79 Å². The van der Waals surface area contributed by atoms with Gasteiger partial charge < -0.3 is 15.7 Å². The van der Waals surface area contributed by atoms with Gasteiger partial charge in [-0.3, -0.25) is 9.78 Å². The zero-order chi connectivity index (χ0) is 15.2. The molecule has 1 aromatic carbocycles. The van der Waals surface area contributed by atoms with Gasteiger partial charge in [0.25, 0.3) is 5.91 Å². The minimum atomic E-state index is -1.00. The van der Waals surface area contributed by atoms with Crippen LogP contribution >= 0.6 is 0 Å². The summed E-state index contributed by atoms with van der Waals surface area (Å²) in [5.41, 5.74) is 1.36. The fourth-order valence-corrected chi connectivity index (χ4v) is 1.87. The Morgan fingerprint density at radius 3 is 2.52 bits per heavy atom. The number of aromatic nitrogens is 1. The van der Waals surface area contributed by atoms with Crippen molar-refractivity contribution in [1.29, 1.82) is 0 Å². The van der Waals surface area contributed by atoms with Crippen LogP contribution in [0.2, 0.25) is 0 Å². The first-order valence-corrected chi connectivity index (χ1v) is 6.34. The lowest BCUT2D eigenvalue weighted by Crippen LogP contribution is -2.22. The first kappa shape index (κ1) is 14.5. The zero-order valence-electron chi connectivity index (χ0n) is 11.4. The quantitative estimate of drug-likeness (QED) is 0.777. The summed E-state index contributed by atoms with van der Waals surface area (Å²) in [7, 11) is 1.51.